The number of rotatable bonds is 7. The minimum absolute atomic E-state index is 0.179. The van der Waals surface area contributed by atoms with Crippen LogP contribution in [0, 0.1) is 0 Å². The van der Waals surface area contributed by atoms with E-state index in [4.69, 9.17) is 14.2 Å². The van der Waals surface area contributed by atoms with Crippen LogP contribution in [0.2, 0.25) is 0 Å². The van der Waals surface area contributed by atoms with Crippen LogP contribution < -0.4 is 5.32 Å². The number of nitrogens with one attached hydrogen (secondary N) is 1. The Labute approximate surface area is 172 Å². The van der Waals surface area contributed by atoms with Gasteiger partial charge in [-0.25, -0.2) is 4.79 Å². The topological polar surface area (TPSA) is 77.1 Å². The number of ether oxygens (including phenoxy) is 3. The Morgan fingerprint density at radius 2 is 2.10 bits per heavy atom. The van der Waals surface area contributed by atoms with Crippen molar-refractivity contribution >= 4 is 11.9 Å². The van der Waals surface area contributed by atoms with E-state index in [2.05, 4.69) is 23.2 Å². The molecule has 0 radical (unpaired) electrons. The van der Waals surface area contributed by atoms with Crippen molar-refractivity contribution < 1.29 is 23.8 Å². The maximum atomic E-state index is 12.1. The van der Waals surface area contributed by atoms with Gasteiger partial charge in [0.1, 0.15) is 11.4 Å². The van der Waals surface area contributed by atoms with E-state index in [9.17, 15) is 9.59 Å². The van der Waals surface area contributed by atoms with Crippen LogP contribution in [-0.4, -0.2) is 67.4 Å². The molecule has 4 aliphatic rings. The fourth-order valence-corrected chi connectivity index (χ4v) is 4.81. The second-order valence-corrected chi connectivity index (χ2v) is 8.64. The van der Waals surface area contributed by atoms with E-state index in [-0.39, 0.29) is 23.1 Å². The molecule has 1 atom stereocenters. The summed E-state index contributed by atoms with van der Waals surface area (Å²) in [6, 6.07) is 0. The van der Waals surface area contributed by atoms with E-state index in [1.54, 1.807) is 0 Å². The molecule has 0 saturated carbocycles. The predicted molar refractivity (Wildman–Crippen MR) is 107 cm³/mol. The summed E-state index contributed by atoms with van der Waals surface area (Å²) >= 11 is 0. The minimum Gasteiger partial charge on any atom is -0.493 e. The maximum absolute atomic E-state index is 12.1. The fraction of sp³-hybridized carbons (Fsp3) is 0.727. The van der Waals surface area contributed by atoms with Crippen molar-refractivity contribution in [2.24, 2.45) is 0 Å². The normalized spacial score (nSPS) is 28.9. The van der Waals surface area contributed by atoms with Gasteiger partial charge in [-0.15, -0.1) is 0 Å². The van der Waals surface area contributed by atoms with Gasteiger partial charge in [-0.2, -0.15) is 0 Å². The number of likely N-dealkylation sites (tertiary alicyclic amines) is 1. The first-order valence-corrected chi connectivity index (χ1v) is 11.0. The van der Waals surface area contributed by atoms with Crippen LogP contribution >= 0.6 is 0 Å². The smallest absolute Gasteiger partial charge is 0.407 e. The molecule has 0 aromatic heterocycles. The Balaban J connectivity index is 1.24. The van der Waals surface area contributed by atoms with Gasteiger partial charge in [0.25, 0.3) is 0 Å². The van der Waals surface area contributed by atoms with Crippen LogP contribution in [0.25, 0.3) is 0 Å². The summed E-state index contributed by atoms with van der Waals surface area (Å²) in [7, 11) is 0. The molecule has 0 aromatic carbocycles. The van der Waals surface area contributed by atoms with Gasteiger partial charge in [-0.3, -0.25) is 4.79 Å². The van der Waals surface area contributed by atoms with E-state index in [1.165, 1.54) is 0 Å². The molecule has 1 unspecified atom stereocenters. The number of piperidine rings is 1. The average Bonchev–Trinajstić information content (AvgIpc) is 3.07. The van der Waals surface area contributed by atoms with Crippen molar-refractivity contribution in [1.29, 1.82) is 0 Å². The molecule has 1 aliphatic carbocycles. The SMILES string of the molecule is CCCC1(OCCCN2CCC3(CC2)CNC(=O)O3)C=C2OCCC(=O)C2=CC1. The zero-order chi connectivity index (χ0) is 20.3. The molecule has 3 heterocycles. The summed E-state index contributed by atoms with van der Waals surface area (Å²) in [5.74, 6) is 0.889. The lowest BCUT2D eigenvalue weighted by Crippen LogP contribution is -2.47. The van der Waals surface area contributed by atoms with Gasteiger partial charge in [0, 0.05) is 45.5 Å². The van der Waals surface area contributed by atoms with Crippen molar-refractivity contribution in [1.82, 2.24) is 10.2 Å². The minimum atomic E-state index is -0.360. The Morgan fingerprint density at radius 3 is 2.83 bits per heavy atom. The molecule has 0 aromatic rings. The average molecular weight is 405 g/mol. The summed E-state index contributed by atoms with van der Waals surface area (Å²) in [6.45, 7) is 6.81. The van der Waals surface area contributed by atoms with E-state index in [1.807, 2.05) is 6.08 Å². The first-order valence-electron chi connectivity index (χ1n) is 11.0. The molecule has 29 heavy (non-hydrogen) atoms. The van der Waals surface area contributed by atoms with Crippen LogP contribution in [-0.2, 0) is 19.0 Å². The van der Waals surface area contributed by atoms with Crippen molar-refractivity contribution in [2.75, 3.05) is 39.4 Å². The predicted octanol–water partition coefficient (Wildman–Crippen LogP) is 2.71. The van der Waals surface area contributed by atoms with Crippen LogP contribution in [0.4, 0.5) is 4.79 Å². The van der Waals surface area contributed by atoms with E-state index >= 15 is 0 Å². The first kappa shape index (κ1) is 20.4. The molecule has 7 nitrogen and oxygen atoms in total. The summed E-state index contributed by atoms with van der Waals surface area (Å²) in [6.07, 6.45) is 9.64. The van der Waals surface area contributed by atoms with Gasteiger partial charge >= 0.3 is 6.09 Å². The molecule has 3 fully saturated rings. The number of ketones is 1. The molecule has 3 aliphatic heterocycles. The highest BCUT2D eigenvalue weighted by molar-refractivity contribution is 6.00. The molecule has 4 rings (SSSR count). The van der Waals surface area contributed by atoms with Crippen LogP contribution in [0.5, 0.6) is 0 Å². The molecule has 1 N–H and O–H groups in total. The number of fused-ring (bicyclic) bond motifs is 1. The van der Waals surface area contributed by atoms with Gasteiger partial charge in [0.15, 0.2) is 5.78 Å². The van der Waals surface area contributed by atoms with Gasteiger partial charge in [0.05, 0.1) is 24.3 Å². The third-order valence-electron chi connectivity index (χ3n) is 6.51. The lowest BCUT2D eigenvalue weighted by molar-refractivity contribution is -0.118. The number of alkyl carbamates (subject to hydrolysis) is 1. The standard InChI is InChI=1S/C22H32N2O5/c1-2-6-21(7-4-17-18(25)5-14-27-19(17)15-21)28-13-3-10-24-11-8-22(9-12-24)16-23-20(26)29-22/h4,15H,2-3,5-14,16H2,1H3,(H,23,26). The van der Waals surface area contributed by atoms with Crippen molar-refractivity contribution in [3.8, 4) is 0 Å². The highest BCUT2D eigenvalue weighted by Crippen LogP contribution is 2.36. The third kappa shape index (κ3) is 4.51. The number of carbonyl (C=O) groups excluding carboxylic acids is 2. The molecule has 7 heteroatoms. The lowest BCUT2D eigenvalue weighted by Gasteiger charge is -2.38. The molecular formula is C22H32N2O5. The fourth-order valence-electron chi connectivity index (χ4n) is 4.81. The molecule has 1 amide bonds. The summed E-state index contributed by atoms with van der Waals surface area (Å²) in [4.78, 5) is 25.9. The number of amides is 1. The quantitative estimate of drug-likeness (QED) is 0.658. The van der Waals surface area contributed by atoms with Crippen molar-refractivity contribution in [2.45, 2.75) is 63.1 Å². The van der Waals surface area contributed by atoms with Gasteiger partial charge < -0.3 is 24.4 Å². The Hall–Kier alpha value is -1.86. The number of hydrogen-bond donors (Lipinski definition) is 1. The highest BCUT2D eigenvalue weighted by Gasteiger charge is 2.42. The molecule has 1 spiro atoms. The number of nitrogens with zero attached hydrogens (tertiary/aromatic N) is 1. The summed E-state index contributed by atoms with van der Waals surface area (Å²) < 4.78 is 17.6. The number of carbonyl (C=O) groups is 2. The summed E-state index contributed by atoms with van der Waals surface area (Å²) in [5.41, 5.74) is 0.0854. The second-order valence-electron chi connectivity index (χ2n) is 8.64. The van der Waals surface area contributed by atoms with Gasteiger partial charge in [0.2, 0.25) is 0 Å². The summed E-state index contributed by atoms with van der Waals surface area (Å²) in [5, 5.41) is 2.78. The van der Waals surface area contributed by atoms with Gasteiger partial charge in [-0.1, -0.05) is 19.4 Å². The molecular weight excluding hydrogens is 372 g/mol. The number of hydrogen-bond acceptors (Lipinski definition) is 6. The van der Waals surface area contributed by atoms with Crippen LogP contribution in [0.1, 0.15) is 51.9 Å². The Morgan fingerprint density at radius 1 is 1.28 bits per heavy atom. The van der Waals surface area contributed by atoms with Crippen LogP contribution in [0.15, 0.2) is 23.5 Å². The van der Waals surface area contributed by atoms with E-state index in [0.717, 1.165) is 63.7 Å². The van der Waals surface area contributed by atoms with Crippen LogP contribution in [0.3, 0.4) is 0 Å². The zero-order valence-corrected chi connectivity index (χ0v) is 17.3. The van der Waals surface area contributed by atoms with Crippen molar-refractivity contribution in [3.63, 3.8) is 0 Å². The van der Waals surface area contributed by atoms with Gasteiger partial charge in [-0.05, 0) is 25.3 Å². The molecule has 3 saturated heterocycles. The van der Waals surface area contributed by atoms with E-state index in [0.29, 0.717) is 31.9 Å². The zero-order valence-electron chi connectivity index (χ0n) is 17.3. The maximum Gasteiger partial charge on any atom is 0.407 e. The third-order valence-corrected chi connectivity index (χ3v) is 6.51. The largest absolute Gasteiger partial charge is 0.493 e. The second kappa shape index (κ2) is 8.48. The first-order chi connectivity index (χ1) is 14.0. The Kier molecular flexibility index (Phi) is 5.97. The lowest BCUT2D eigenvalue weighted by atomic mass is 9.84. The van der Waals surface area contributed by atoms with Crippen molar-refractivity contribution in [3.05, 3.63) is 23.5 Å². The highest BCUT2D eigenvalue weighted by atomic mass is 16.6. The molecule has 0 bridgehead atoms. The number of allylic oxidation sites excluding steroid dienone is 1. The molecule has 160 valence electrons. The van der Waals surface area contributed by atoms with E-state index < -0.39 is 0 Å². The Bertz CT molecular complexity index is 708. The monoisotopic (exact) mass is 404 g/mol. The number of Topliss-reactive ketones (excluding diaryl/α,β-unsaturated/α-hetero) is 1.